The van der Waals surface area contributed by atoms with Crippen LogP contribution in [-0.2, 0) is 19.2 Å². The molecule has 178 valence electrons. The minimum Gasteiger partial charge on any atom is -0.480 e. The number of hydrogen-bond donors (Lipinski definition) is 9. The smallest absolute Gasteiger partial charge is 0.328 e. The number of aliphatic carboxylic acids is 1. The summed E-state index contributed by atoms with van der Waals surface area (Å²) in [6.45, 7) is 2.83. The number of nitrogens with two attached hydrogens (primary N) is 3. The number of carboxylic acids is 1. The van der Waals surface area contributed by atoms with Gasteiger partial charge >= 0.3 is 5.97 Å². The second kappa shape index (κ2) is 14.4. The summed E-state index contributed by atoms with van der Waals surface area (Å²) in [7, 11) is 0. The lowest BCUT2D eigenvalue weighted by molar-refractivity contribution is -0.143. The number of carboxylic acid groups (broad SMARTS) is 1. The van der Waals surface area contributed by atoms with Crippen LogP contribution >= 0.6 is 12.6 Å². The van der Waals surface area contributed by atoms with Crippen molar-refractivity contribution in [3.63, 3.8) is 0 Å². The third-order valence-corrected chi connectivity index (χ3v) is 4.58. The van der Waals surface area contributed by atoms with Crippen molar-refractivity contribution in [2.45, 2.75) is 50.9 Å². The molecule has 0 rings (SSSR count). The Balaban J connectivity index is 5.29. The van der Waals surface area contributed by atoms with Gasteiger partial charge in [-0.1, -0.05) is 13.8 Å². The fourth-order valence-corrected chi connectivity index (χ4v) is 2.52. The normalized spacial score (nSPS) is 14.6. The summed E-state index contributed by atoms with van der Waals surface area (Å²) in [5.41, 5.74) is 16.3. The van der Waals surface area contributed by atoms with Crippen molar-refractivity contribution < 1.29 is 29.4 Å². The molecule has 4 atom stereocenters. The third kappa shape index (κ3) is 10.8. The fraction of sp³-hybridized carbons (Fsp3) is 0.706. The molecule has 14 heteroatoms. The lowest BCUT2D eigenvalue weighted by Crippen LogP contribution is -2.58. The zero-order valence-corrected chi connectivity index (χ0v) is 18.5. The first-order valence-electron chi connectivity index (χ1n) is 9.61. The third-order valence-electron chi connectivity index (χ3n) is 4.21. The van der Waals surface area contributed by atoms with Gasteiger partial charge in [-0.3, -0.25) is 19.4 Å². The van der Waals surface area contributed by atoms with Gasteiger partial charge in [-0.15, -0.1) is 0 Å². The van der Waals surface area contributed by atoms with E-state index in [-0.39, 0.29) is 37.0 Å². The molecule has 0 aliphatic rings. The number of carbonyl (C=O) groups excluding carboxylic acids is 3. The molecule has 0 radical (unpaired) electrons. The second-order valence-corrected chi connectivity index (χ2v) is 7.47. The molecule has 31 heavy (non-hydrogen) atoms. The molecule has 13 nitrogen and oxygen atoms in total. The Hall–Kier alpha value is -2.58. The first-order valence-corrected chi connectivity index (χ1v) is 10.2. The van der Waals surface area contributed by atoms with Gasteiger partial charge in [0.2, 0.25) is 17.7 Å². The molecule has 0 fully saturated rings. The quantitative estimate of drug-likeness (QED) is 0.0536. The van der Waals surface area contributed by atoms with Crippen LogP contribution in [-0.4, -0.2) is 82.9 Å². The van der Waals surface area contributed by atoms with Gasteiger partial charge in [-0.2, -0.15) is 12.6 Å². The standard InChI is InChI=1S/C17H33N7O6S/c1-8(2)12(18)15(28)24-11(7-31)14(27)22-9(4-3-5-21-17(19)20)13(26)23-10(6-25)16(29)30/h8-12,25,31H,3-7,18H2,1-2H3,(H,22,27)(H,23,26)(H,24,28)(H,29,30)(H4,19,20,21). The minimum atomic E-state index is -1.55. The second-order valence-electron chi connectivity index (χ2n) is 7.11. The highest BCUT2D eigenvalue weighted by Gasteiger charge is 2.29. The number of amides is 3. The maximum Gasteiger partial charge on any atom is 0.328 e. The Kier molecular flexibility index (Phi) is 13.2. The van der Waals surface area contributed by atoms with Gasteiger partial charge in [0, 0.05) is 12.3 Å². The molecule has 0 aromatic rings. The SMILES string of the molecule is CC(C)C(N)C(=O)NC(CS)C(=O)NC(CCCN=C(N)N)C(=O)NC(CO)C(=O)O. The summed E-state index contributed by atoms with van der Waals surface area (Å²) >= 11 is 4.06. The average molecular weight is 464 g/mol. The summed E-state index contributed by atoms with van der Waals surface area (Å²) in [6, 6.07) is -4.64. The number of aliphatic hydroxyl groups is 1. The first kappa shape index (κ1) is 28.4. The number of nitrogens with zero attached hydrogens (tertiary/aromatic N) is 1. The Morgan fingerprint density at radius 2 is 1.48 bits per heavy atom. The van der Waals surface area contributed by atoms with E-state index in [1.54, 1.807) is 13.8 Å². The molecule has 0 bridgehead atoms. The Morgan fingerprint density at radius 1 is 0.968 bits per heavy atom. The lowest BCUT2D eigenvalue weighted by Gasteiger charge is -2.24. The number of hydrogen-bond acceptors (Lipinski definition) is 8. The summed E-state index contributed by atoms with van der Waals surface area (Å²) in [6.07, 6.45) is 0.341. The van der Waals surface area contributed by atoms with Gasteiger partial charge in [0.25, 0.3) is 0 Å². The number of guanidine groups is 1. The maximum absolute atomic E-state index is 12.6. The largest absolute Gasteiger partial charge is 0.480 e. The van der Waals surface area contributed by atoms with Crippen LogP contribution in [0.3, 0.4) is 0 Å². The monoisotopic (exact) mass is 463 g/mol. The number of aliphatic hydroxyl groups excluding tert-OH is 1. The maximum atomic E-state index is 12.6. The predicted molar refractivity (Wildman–Crippen MR) is 117 cm³/mol. The van der Waals surface area contributed by atoms with Crippen molar-refractivity contribution in [3.05, 3.63) is 0 Å². The Morgan fingerprint density at radius 3 is 1.94 bits per heavy atom. The van der Waals surface area contributed by atoms with E-state index in [4.69, 9.17) is 27.4 Å². The highest BCUT2D eigenvalue weighted by atomic mass is 32.1. The Bertz CT molecular complexity index is 657. The molecule has 0 aliphatic carbocycles. The number of thiol groups is 1. The van der Waals surface area contributed by atoms with E-state index in [2.05, 4.69) is 33.6 Å². The van der Waals surface area contributed by atoms with Gasteiger partial charge in [-0.25, -0.2) is 4.79 Å². The molecule has 0 spiro atoms. The zero-order valence-electron chi connectivity index (χ0n) is 17.6. The van der Waals surface area contributed by atoms with Crippen LogP contribution in [0.4, 0.5) is 0 Å². The average Bonchev–Trinajstić information content (AvgIpc) is 2.70. The number of rotatable bonds is 14. The molecule has 0 saturated carbocycles. The first-order chi connectivity index (χ1) is 14.4. The van der Waals surface area contributed by atoms with Gasteiger partial charge in [0.05, 0.1) is 12.6 Å². The molecule has 4 unspecified atom stereocenters. The molecule has 0 aromatic carbocycles. The van der Waals surface area contributed by atoms with Crippen molar-refractivity contribution in [2.24, 2.45) is 28.1 Å². The van der Waals surface area contributed by atoms with E-state index >= 15 is 0 Å². The van der Waals surface area contributed by atoms with Gasteiger partial charge in [0.15, 0.2) is 5.96 Å². The van der Waals surface area contributed by atoms with Crippen LogP contribution < -0.4 is 33.2 Å². The van der Waals surface area contributed by atoms with Crippen LogP contribution in [0.2, 0.25) is 0 Å². The number of nitrogens with one attached hydrogen (secondary N) is 3. The van der Waals surface area contributed by atoms with E-state index in [1.165, 1.54) is 0 Å². The number of aliphatic imine (C=N–C) groups is 1. The summed E-state index contributed by atoms with van der Waals surface area (Å²) in [4.78, 5) is 52.1. The van der Waals surface area contributed by atoms with Gasteiger partial charge in [0.1, 0.15) is 18.1 Å². The van der Waals surface area contributed by atoms with Crippen LogP contribution in [0, 0.1) is 5.92 Å². The van der Waals surface area contributed by atoms with E-state index in [9.17, 15) is 19.2 Å². The van der Waals surface area contributed by atoms with Crippen LogP contribution in [0.15, 0.2) is 4.99 Å². The van der Waals surface area contributed by atoms with Crippen molar-refractivity contribution >= 4 is 42.3 Å². The van der Waals surface area contributed by atoms with Crippen molar-refractivity contribution in [1.29, 1.82) is 0 Å². The zero-order chi connectivity index (χ0) is 24.1. The van der Waals surface area contributed by atoms with E-state index in [1.807, 2.05) is 0 Å². The summed E-state index contributed by atoms with van der Waals surface area (Å²) < 4.78 is 0. The highest BCUT2D eigenvalue weighted by Crippen LogP contribution is 2.03. The van der Waals surface area contributed by atoms with Gasteiger partial charge in [-0.05, 0) is 18.8 Å². The molecular weight excluding hydrogens is 430 g/mol. The molecule has 11 N–H and O–H groups in total. The molecule has 3 amide bonds. The molecule has 0 aromatic heterocycles. The fourth-order valence-electron chi connectivity index (χ4n) is 2.27. The van der Waals surface area contributed by atoms with E-state index < -0.39 is 54.5 Å². The summed E-state index contributed by atoms with van der Waals surface area (Å²) in [5, 5.41) is 25.2. The van der Waals surface area contributed by atoms with E-state index in [0.29, 0.717) is 0 Å². The van der Waals surface area contributed by atoms with E-state index in [0.717, 1.165) is 0 Å². The molecule has 0 aliphatic heterocycles. The van der Waals surface area contributed by atoms with Gasteiger partial charge < -0.3 is 43.4 Å². The lowest BCUT2D eigenvalue weighted by atomic mass is 10.0. The molecule has 0 heterocycles. The van der Waals surface area contributed by atoms with Crippen molar-refractivity contribution in [2.75, 3.05) is 18.9 Å². The number of carbonyl (C=O) groups is 4. The van der Waals surface area contributed by atoms with Crippen LogP contribution in [0.5, 0.6) is 0 Å². The van der Waals surface area contributed by atoms with Crippen molar-refractivity contribution in [1.82, 2.24) is 16.0 Å². The predicted octanol–water partition coefficient (Wildman–Crippen LogP) is -3.52. The van der Waals surface area contributed by atoms with Crippen molar-refractivity contribution in [3.8, 4) is 0 Å². The van der Waals surface area contributed by atoms with Crippen LogP contribution in [0.25, 0.3) is 0 Å². The van der Waals surface area contributed by atoms with Crippen LogP contribution in [0.1, 0.15) is 26.7 Å². The molecular formula is C17H33N7O6S. The summed E-state index contributed by atoms with van der Waals surface area (Å²) in [5.74, 6) is -3.91. The Labute approximate surface area is 186 Å². The molecule has 0 saturated heterocycles. The minimum absolute atomic E-state index is 0.0604. The topological polar surface area (TPSA) is 235 Å². The highest BCUT2D eigenvalue weighted by molar-refractivity contribution is 7.80.